The second kappa shape index (κ2) is 3.12. The Kier molecular flexibility index (Phi) is 2.12. The van der Waals surface area contributed by atoms with Gasteiger partial charge in [-0.2, -0.15) is 0 Å². The smallest absolute Gasteiger partial charge is 0.122 e. The summed E-state index contributed by atoms with van der Waals surface area (Å²) in [5, 5.41) is 13.8. The van der Waals surface area contributed by atoms with Gasteiger partial charge in [0.05, 0.1) is 0 Å². The molecule has 0 saturated carbocycles. The van der Waals surface area contributed by atoms with Crippen molar-refractivity contribution in [1.29, 1.82) is 0 Å². The molecular weight excluding hydrogens is 172 g/mol. The summed E-state index contributed by atoms with van der Waals surface area (Å²) in [6.45, 7) is 3.84. The van der Waals surface area contributed by atoms with Gasteiger partial charge in [0.2, 0.25) is 0 Å². The molecule has 1 aromatic heterocycles. The highest BCUT2D eigenvalue weighted by Gasteiger charge is 2.28. The molecule has 1 fully saturated rings. The average molecular weight is 184 g/mol. The van der Waals surface area contributed by atoms with E-state index >= 15 is 0 Å². The average Bonchev–Trinajstić information content (AvgIpc) is 2.31. The van der Waals surface area contributed by atoms with Crippen molar-refractivity contribution in [2.45, 2.75) is 13.0 Å². The van der Waals surface area contributed by atoms with Crippen LogP contribution in [0.25, 0.3) is 0 Å². The van der Waals surface area contributed by atoms with Crippen molar-refractivity contribution in [2.75, 3.05) is 13.1 Å². The van der Waals surface area contributed by atoms with E-state index in [2.05, 4.69) is 10.3 Å². The number of nitrogens with zero attached hydrogens (tertiary/aromatic N) is 1. The molecule has 66 valence electrons. The van der Waals surface area contributed by atoms with Crippen LogP contribution in [0.3, 0.4) is 0 Å². The fourth-order valence-electron chi connectivity index (χ4n) is 1.24. The fraction of sp³-hybridized carbons (Fsp3) is 0.625. The molecule has 1 aliphatic rings. The van der Waals surface area contributed by atoms with Gasteiger partial charge in [-0.1, -0.05) is 0 Å². The Bertz CT molecular complexity index is 270. The highest BCUT2D eigenvalue weighted by atomic mass is 32.1. The quantitative estimate of drug-likeness (QED) is 0.711. The highest BCUT2D eigenvalue weighted by molar-refractivity contribution is 7.11. The molecule has 0 amide bonds. The van der Waals surface area contributed by atoms with E-state index in [1.165, 1.54) is 0 Å². The molecule has 1 saturated heterocycles. The Morgan fingerprint density at radius 2 is 2.50 bits per heavy atom. The maximum atomic E-state index is 9.76. The van der Waals surface area contributed by atoms with Gasteiger partial charge in [-0.3, -0.25) is 0 Å². The number of nitrogens with one attached hydrogen (secondary N) is 1. The zero-order chi connectivity index (χ0) is 8.55. The Hall–Kier alpha value is -0.450. The lowest BCUT2D eigenvalue weighted by atomic mass is 9.97. The van der Waals surface area contributed by atoms with Crippen LogP contribution in [0.1, 0.15) is 16.0 Å². The first-order valence-electron chi connectivity index (χ1n) is 4.08. The Morgan fingerprint density at radius 3 is 2.92 bits per heavy atom. The summed E-state index contributed by atoms with van der Waals surface area (Å²) in [4.78, 5) is 5.32. The van der Waals surface area contributed by atoms with Crippen molar-refractivity contribution in [3.05, 3.63) is 16.1 Å². The van der Waals surface area contributed by atoms with Crippen LogP contribution in [-0.4, -0.2) is 23.2 Å². The molecular formula is C8H12N2OS. The van der Waals surface area contributed by atoms with Crippen LogP contribution in [0.2, 0.25) is 0 Å². The first kappa shape index (κ1) is 8.16. The van der Waals surface area contributed by atoms with Crippen molar-refractivity contribution in [1.82, 2.24) is 10.3 Å². The monoisotopic (exact) mass is 184 g/mol. The Balaban J connectivity index is 2.08. The van der Waals surface area contributed by atoms with E-state index in [0.29, 0.717) is 5.92 Å². The summed E-state index contributed by atoms with van der Waals surface area (Å²) in [6, 6.07) is 0. The predicted molar refractivity (Wildman–Crippen MR) is 48.2 cm³/mol. The number of aliphatic hydroxyl groups excluding tert-OH is 1. The second-order valence-electron chi connectivity index (χ2n) is 3.17. The van der Waals surface area contributed by atoms with Crippen LogP contribution >= 0.6 is 11.3 Å². The second-order valence-corrected chi connectivity index (χ2v) is 4.44. The van der Waals surface area contributed by atoms with Gasteiger partial charge in [0.15, 0.2) is 0 Å². The number of hydrogen-bond acceptors (Lipinski definition) is 4. The molecule has 2 N–H and O–H groups in total. The third-order valence-electron chi connectivity index (χ3n) is 2.15. The lowest BCUT2D eigenvalue weighted by molar-refractivity contribution is 0.0765. The van der Waals surface area contributed by atoms with E-state index in [1.807, 2.05) is 13.1 Å². The largest absolute Gasteiger partial charge is 0.386 e. The molecule has 3 nitrogen and oxygen atoms in total. The predicted octanol–water partition coefficient (Wildman–Crippen LogP) is 0.704. The lowest BCUT2D eigenvalue weighted by Crippen LogP contribution is -2.45. The van der Waals surface area contributed by atoms with Crippen molar-refractivity contribution in [3.8, 4) is 0 Å². The van der Waals surface area contributed by atoms with E-state index in [-0.39, 0.29) is 6.10 Å². The SMILES string of the molecule is Cc1cnc(C(O)C2CNC2)s1. The lowest BCUT2D eigenvalue weighted by Gasteiger charge is -2.30. The number of rotatable bonds is 2. The molecule has 12 heavy (non-hydrogen) atoms. The molecule has 1 aromatic rings. The van der Waals surface area contributed by atoms with Crippen LogP contribution in [0.15, 0.2) is 6.20 Å². The van der Waals surface area contributed by atoms with Crippen LogP contribution in [0.5, 0.6) is 0 Å². The molecule has 4 heteroatoms. The van der Waals surface area contributed by atoms with Gasteiger partial charge >= 0.3 is 0 Å². The van der Waals surface area contributed by atoms with Gasteiger partial charge in [-0.05, 0) is 6.92 Å². The Morgan fingerprint density at radius 1 is 1.75 bits per heavy atom. The minimum Gasteiger partial charge on any atom is -0.386 e. The first-order valence-corrected chi connectivity index (χ1v) is 4.90. The molecule has 1 aliphatic heterocycles. The zero-order valence-electron chi connectivity index (χ0n) is 6.95. The van der Waals surface area contributed by atoms with Crippen LogP contribution in [-0.2, 0) is 0 Å². The normalized spacial score (nSPS) is 20.5. The molecule has 0 radical (unpaired) electrons. The van der Waals surface area contributed by atoms with Gasteiger partial charge in [0.1, 0.15) is 11.1 Å². The third-order valence-corrected chi connectivity index (χ3v) is 3.14. The standard InChI is InChI=1S/C8H12N2OS/c1-5-2-10-8(12-5)7(11)6-3-9-4-6/h2,6-7,9,11H,3-4H2,1H3. The van der Waals surface area contributed by atoms with Crippen molar-refractivity contribution < 1.29 is 5.11 Å². The topological polar surface area (TPSA) is 45.2 Å². The molecule has 1 unspecified atom stereocenters. The first-order chi connectivity index (χ1) is 5.77. The summed E-state index contributed by atoms with van der Waals surface area (Å²) in [5.74, 6) is 0.371. The van der Waals surface area contributed by atoms with E-state index in [4.69, 9.17) is 0 Å². The molecule has 2 rings (SSSR count). The third kappa shape index (κ3) is 1.37. The summed E-state index contributed by atoms with van der Waals surface area (Å²) >= 11 is 1.58. The maximum Gasteiger partial charge on any atom is 0.122 e. The molecule has 0 spiro atoms. The number of aliphatic hydroxyl groups is 1. The number of aryl methyl sites for hydroxylation is 1. The van der Waals surface area contributed by atoms with E-state index in [1.54, 1.807) is 11.3 Å². The number of hydrogen-bond donors (Lipinski definition) is 2. The van der Waals surface area contributed by atoms with Gasteiger partial charge in [0.25, 0.3) is 0 Å². The highest BCUT2D eigenvalue weighted by Crippen LogP contribution is 2.27. The van der Waals surface area contributed by atoms with Gasteiger partial charge < -0.3 is 10.4 Å². The minimum atomic E-state index is -0.357. The van der Waals surface area contributed by atoms with Gasteiger partial charge in [-0.25, -0.2) is 4.98 Å². The summed E-state index contributed by atoms with van der Waals surface area (Å²) in [7, 11) is 0. The zero-order valence-corrected chi connectivity index (χ0v) is 7.77. The van der Waals surface area contributed by atoms with Gasteiger partial charge in [0, 0.05) is 30.1 Å². The van der Waals surface area contributed by atoms with E-state index in [0.717, 1.165) is 23.0 Å². The summed E-state index contributed by atoms with van der Waals surface area (Å²) in [5.41, 5.74) is 0. The van der Waals surface area contributed by atoms with Crippen LogP contribution < -0.4 is 5.32 Å². The van der Waals surface area contributed by atoms with Crippen LogP contribution in [0.4, 0.5) is 0 Å². The number of thiazole rings is 1. The van der Waals surface area contributed by atoms with Crippen molar-refractivity contribution in [2.24, 2.45) is 5.92 Å². The minimum absolute atomic E-state index is 0.357. The molecule has 0 bridgehead atoms. The number of aromatic nitrogens is 1. The maximum absolute atomic E-state index is 9.76. The van der Waals surface area contributed by atoms with Gasteiger partial charge in [-0.15, -0.1) is 11.3 Å². The van der Waals surface area contributed by atoms with E-state index in [9.17, 15) is 5.11 Å². The Labute approximate surface area is 75.5 Å². The van der Waals surface area contributed by atoms with E-state index < -0.39 is 0 Å². The molecule has 0 aromatic carbocycles. The van der Waals surface area contributed by atoms with Crippen LogP contribution in [0, 0.1) is 12.8 Å². The summed E-state index contributed by atoms with van der Waals surface area (Å²) < 4.78 is 0. The molecule has 2 heterocycles. The molecule has 1 atom stereocenters. The van der Waals surface area contributed by atoms with Crippen molar-refractivity contribution in [3.63, 3.8) is 0 Å². The molecule has 0 aliphatic carbocycles. The summed E-state index contributed by atoms with van der Waals surface area (Å²) in [6.07, 6.45) is 1.46. The fourth-order valence-corrected chi connectivity index (χ4v) is 2.10. The van der Waals surface area contributed by atoms with Crippen molar-refractivity contribution >= 4 is 11.3 Å².